The Morgan fingerprint density at radius 3 is 2.68 bits per heavy atom. The third-order valence-corrected chi connectivity index (χ3v) is 3.26. The Balaban J connectivity index is 2.56. The molecular formula is C14H25N3O2. The number of likely N-dealkylation sites (N-methyl/N-ethyl adjacent to an activating group) is 1. The number of nitrogens with one attached hydrogen (secondary N) is 1. The van der Waals surface area contributed by atoms with E-state index in [4.69, 9.17) is 4.74 Å². The number of aliphatic hydroxyl groups is 1. The summed E-state index contributed by atoms with van der Waals surface area (Å²) in [6.07, 6.45) is 1.86. The van der Waals surface area contributed by atoms with Gasteiger partial charge in [-0.2, -0.15) is 0 Å². The molecule has 1 aromatic heterocycles. The number of pyridine rings is 1. The topological polar surface area (TPSA) is 57.6 Å². The summed E-state index contributed by atoms with van der Waals surface area (Å²) in [6.45, 7) is 6.37. The van der Waals surface area contributed by atoms with Crippen LogP contribution in [0.2, 0.25) is 0 Å². The van der Waals surface area contributed by atoms with E-state index in [1.807, 2.05) is 44.1 Å². The zero-order valence-electron chi connectivity index (χ0n) is 12.3. The summed E-state index contributed by atoms with van der Waals surface area (Å²) in [7, 11) is 3.63. The molecule has 108 valence electrons. The fourth-order valence-electron chi connectivity index (χ4n) is 1.54. The molecule has 0 aliphatic heterocycles. The predicted molar refractivity (Wildman–Crippen MR) is 77.4 cm³/mol. The van der Waals surface area contributed by atoms with E-state index in [0.717, 1.165) is 24.5 Å². The van der Waals surface area contributed by atoms with Crippen LogP contribution in [-0.4, -0.2) is 49.5 Å². The average Bonchev–Trinajstić information content (AvgIpc) is 2.43. The lowest BCUT2D eigenvalue weighted by atomic mass is 10.1. The number of hydrogen-bond acceptors (Lipinski definition) is 5. The van der Waals surface area contributed by atoms with Crippen molar-refractivity contribution in [2.45, 2.75) is 25.9 Å². The molecule has 5 heteroatoms. The highest BCUT2D eigenvalue weighted by molar-refractivity contribution is 5.41. The molecule has 1 aromatic rings. The van der Waals surface area contributed by atoms with Crippen molar-refractivity contribution in [3.8, 4) is 0 Å². The van der Waals surface area contributed by atoms with Gasteiger partial charge in [-0.3, -0.25) is 0 Å². The molecular weight excluding hydrogens is 242 g/mol. The Hall–Kier alpha value is -1.17. The second kappa shape index (κ2) is 7.43. The molecule has 19 heavy (non-hydrogen) atoms. The Labute approximate surface area is 115 Å². The minimum atomic E-state index is -0.314. The first-order chi connectivity index (χ1) is 9.01. The van der Waals surface area contributed by atoms with Crippen LogP contribution in [0.5, 0.6) is 0 Å². The summed E-state index contributed by atoms with van der Waals surface area (Å²) in [4.78, 5) is 6.42. The normalized spacial score (nSPS) is 11.6. The van der Waals surface area contributed by atoms with Gasteiger partial charge in [0, 0.05) is 33.4 Å². The van der Waals surface area contributed by atoms with Crippen molar-refractivity contribution < 1.29 is 9.84 Å². The van der Waals surface area contributed by atoms with Gasteiger partial charge in [0.2, 0.25) is 0 Å². The van der Waals surface area contributed by atoms with Gasteiger partial charge in [-0.05, 0) is 25.5 Å². The third kappa shape index (κ3) is 4.78. The number of ether oxygens (including phenoxy) is 1. The smallest absolute Gasteiger partial charge is 0.128 e. The maximum Gasteiger partial charge on any atom is 0.128 e. The summed E-state index contributed by atoms with van der Waals surface area (Å²) in [5.74, 6) is 0.861. The van der Waals surface area contributed by atoms with Crippen LogP contribution in [0, 0.1) is 0 Å². The molecule has 0 aromatic carbocycles. The second-order valence-corrected chi connectivity index (χ2v) is 5.22. The zero-order chi connectivity index (χ0) is 14.3. The molecule has 0 amide bonds. The van der Waals surface area contributed by atoms with Crippen molar-refractivity contribution in [3.05, 3.63) is 23.9 Å². The lowest BCUT2D eigenvalue weighted by Gasteiger charge is -2.34. The molecule has 0 unspecified atom stereocenters. The van der Waals surface area contributed by atoms with E-state index in [2.05, 4.69) is 10.3 Å². The Bertz CT molecular complexity index is 365. The molecule has 0 aliphatic rings. The van der Waals surface area contributed by atoms with E-state index in [1.54, 1.807) is 7.11 Å². The largest absolute Gasteiger partial charge is 0.394 e. The first kappa shape index (κ1) is 15.9. The van der Waals surface area contributed by atoms with E-state index in [0.29, 0.717) is 6.61 Å². The van der Waals surface area contributed by atoms with Crippen LogP contribution in [-0.2, 0) is 11.3 Å². The maximum absolute atomic E-state index is 9.36. The Kier molecular flexibility index (Phi) is 6.21. The van der Waals surface area contributed by atoms with E-state index in [9.17, 15) is 5.11 Å². The summed E-state index contributed by atoms with van der Waals surface area (Å²) < 4.78 is 4.97. The summed E-state index contributed by atoms with van der Waals surface area (Å²) in [5.41, 5.74) is 0.820. The van der Waals surface area contributed by atoms with E-state index >= 15 is 0 Å². The van der Waals surface area contributed by atoms with Gasteiger partial charge in [0.25, 0.3) is 0 Å². The summed E-state index contributed by atoms with van der Waals surface area (Å²) >= 11 is 0. The molecule has 0 fully saturated rings. The number of anilines is 1. The van der Waals surface area contributed by atoms with Crippen LogP contribution in [0.1, 0.15) is 19.4 Å². The second-order valence-electron chi connectivity index (χ2n) is 5.22. The van der Waals surface area contributed by atoms with Crippen LogP contribution >= 0.6 is 0 Å². The lowest BCUT2D eigenvalue weighted by Crippen LogP contribution is -2.44. The molecule has 0 bridgehead atoms. The number of aliphatic hydroxyl groups excluding tert-OH is 1. The fraction of sp³-hybridized carbons (Fsp3) is 0.643. The van der Waals surface area contributed by atoms with E-state index in [1.165, 1.54) is 0 Å². The number of aromatic nitrogens is 1. The van der Waals surface area contributed by atoms with Crippen LogP contribution in [0.4, 0.5) is 5.82 Å². The van der Waals surface area contributed by atoms with E-state index in [-0.39, 0.29) is 12.1 Å². The van der Waals surface area contributed by atoms with Gasteiger partial charge >= 0.3 is 0 Å². The SMILES string of the molecule is COCCNCc1ccc(N(C)C(C)(C)CO)nc1. The highest BCUT2D eigenvalue weighted by atomic mass is 16.5. The van der Waals surface area contributed by atoms with Crippen molar-refractivity contribution in [3.63, 3.8) is 0 Å². The minimum Gasteiger partial charge on any atom is -0.394 e. The van der Waals surface area contributed by atoms with Crippen molar-refractivity contribution >= 4 is 5.82 Å². The van der Waals surface area contributed by atoms with Crippen LogP contribution in [0.15, 0.2) is 18.3 Å². The van der Waals surface area contributed by atoms with Gasteiger partial charge in [0.15, 0.2) is 0 Å². The number of rotatable bonds is 8. The van der Waals surface area contributed by atoms with Gasteiger partial charge in [-0.15, -0.1) is 0 Å². The Morgan fingerprint density at radius 2 is 2.16 bits per heavy atom. The average molecular weight is 267 g/mol. The fourth-order valence-corrected chi connectivity index (χ4v) is 1.54. The summed E-state index contributed by atoms with van der Waals surface area (Å²) in [5, 5.41) is 12.6. The molecule has 0 saturated heterocycles. The van der Waals surface area contributed by atoms with Crippen molar-refractivity contribution in [1.29, 1.82) is 0 Å². The molecule has 0 aliphatic carbocycles. The highest BCUT2D eigenvalue weighted by Crippen LogP contribution is 2.19. The Morgan fingerprint density at radius 1 is 1.42 bits per heavy atom. The third-order valence-electron chi connectivity index (χ3n) is 3.26. The van der Waals surface area contributed by atoms with Crippen LogP contribution < -0.4 is 10.2 Å². The van der Waals surface area contributed by atoms with E-state index < -0.39 is 0 Å². The van der Waals surface area contributed by atoms with Crippen molar-refractivity contribution in [2.75, 3.05) is 38.8 Å². The number of hydrogen-bond donors (Lipinski definition) is 2. The molecule has 0 atom stereocenters. The monoisotopic (exact) mass is 267 g/mol. The maximum atomic E-state index is 9.36. The predicted octanol–water partition coefficient (Wildman–Crippen LogP) is 1.02. The van der Waals surface area contributed by atoms with Gasteiger partial charge in [0.05, 0.1) is 18.8 Å². The molecule has 2 N–H and O–H groups in total. The minimum absolute atomic E-state index is 0.0888. The molecule has 1 rings (SSSR count). The summed E-state index contributed by atoms with van der Waals surface area (Å²) in [6, 6.07) is 4.02. The highest BCUT2D eigenvalue weighted by Gasteiger charge is 2.23. The van der Waals surface area contributed by atoms with Crippen LogP contribution in [0.3, 0.4) is 0 Å². The van der Waals surface area contributed by atoms with Gasteiger partial charge in [0.1, 0.15) is 5.82 Å². The first-order valence-electron chi connectivity index (χ1n) is 6.50. The van der Waals surface area contributed by atoms with Gasteiger partial charge < -0.3 is 20.1 Å². The van der Waals surface area contributed by atoms with Gasteiger partial charge in [-0.1, -0.05) is 6.07 Å². The molecule has 5 nitrogen and oxygen atoms in total. The molecule has 0 spiro atoms. The number of nitrogens with zero attached hydrogens (tertiary/aromatic N) is 2. The van der Waals surface area contributed by atoms with Crippen molar-refractivity contribution in [2.24, 2.45) is 0 Å². The van der Waals surface area contributed by atoms with Crippen LogP contribution in [0.25, 0.3) is 0 Å². The quantitative estimate of drug-likeness (QED) is 0.689. The van der Waals surface area contributed by atoms with Gasteiger partial charge in [-0.25, -0.2) is 4.98 Å². The molecule has 0 saturated carbocycles. The first-order valence-corrected chi connectivity index (χ1v) is 6.50. The molecule has 1 heterocycles. The molecule has 0 radical (unpaired) electrons. The number of methoxy groups -OCH3 is 1. The zero-order valence-corrected chi connectivity index (χ0v) is 12.3. The lowest BCUT2D eigenvalue weighted by molar-refractivity contribution is 0.199. The standard InChI is InChI=1S/C14H25N3O2/c1-14(2,11-18)17(3)13-6-5-12(10-16-13)9-15-7-8-19-4/h5-6,10,15,18H,7-9,11H2,1-4H3. The van der Waals surface area contributed by atoms with Crippen molar-refractivity contribution in [1.82, 2.24) is 10.3 Å².